The van der Waals surface area contributed by atoms with Gasteiger partial charge in [0.25, 0.3) is 0 Å². The molecule has 2 N–H and O–H groups in total. The van der Waals surface area contributed by atoms with E-state index in [1.807, 2.05) is 18.2 Å². The monoisotopic (exact) mass is 340 g/mol. The first-order chi connectivity index (χ1) is 11.1. The molecule has 124 valence electrons. The summed E-state index contributed by atoms with van der Waals surface area (Å²) in [6.45, 7) is 1.80. The second-order valence-corrected chi connectivity index (χ2v) is 5.94. The Morgan fingerprint density at radius 2 is 1.96 bits per heavy atom. The number of amides is 1. The van der Waals surface area contributed by atoms with Crippen LogP contribution in [0.1, 0.15) is 12.5 Å². The smallest absolute Gasteiger partial charge is 0.412 e. The molecule has 1 unspecified atom stereocenters. The molecule has 1 amide bonds. The fraction of sp³-hybridized carbons (Fsp3) is 0.333. The number of allylic oxidation sites excluding steroid dienone is 1. The first-order valence-electron chi connectivity index (χ1n) is 6.94. The molecule has 1 rings (SSSR count). The molecule has 0 aliphatic rings. The van der Waals surface area contributed by atoms with Gasteiger partial charge in [0.1, 0.15) is 12.3 Å². The standard InChI is InChI=1S/C15H18NO6P/c1-2-21-14(18)13(8-9-23(20)11-17)16-15(19)22-10-12-6-4-3-5-7-12/h3-8,17H,2,9-11H2,1H3/p+1/b13-8+. The average molecular weight is 340 g/mol. The minimum absolute atomic E-state index is 0.0493. The second-order valence-electron chi connectivity index (χ2n) is 4.33. The fourth-order valence-electron chi connectivity index (χ4n) is 1.51. The molecule has 0 heterocycles. The van der Waals surface area contributed by atoms with Crippen molar-refractivity contribution in [1.82, 2.24) is 5.32 Å². The lowest BCUT2D eigenvalue weighted by molar-refractivity contribution is -0.138. The summed E-state index contributed by atoms with van der Waals surface area (Å²) >= 11 is 0. The van der Waals surface area contributed by atoms with E-state index in [1.165, 1.54) is 6.08 Å². The highest BCUT2D eigenvalue weighted by atomic mass is 31.1. The minimum Gasteiger partial charge on any atom is -0.461 e. The van der Waals surface area contributed by atoms with Crippen LogP contribution in [0.4, 0.5) is 4.79 Å². The summed E-state index contributed by atoms with van der Waals surface area (Å²) in [4.78, 5) is 23.5. The highest BCUT2D eigenvalue weighted by Gasteiger charge is 2.18. The summed E-state index contributed by atoms with van der Waals surface area (Å²) in [6, 6.07) is 9.05. The number of nitrogens with one attached hydrogen (secondary N) is 1. The zero-order valence-corrected chi connectivity index (χ0v) is 13.6. The third kappa shape index (κ3) is 7.54. The summed E-state index contributed by atoms with van der Waals surface area (Å²) in [5, 5.41) is 11.0. The summed E-state index contributed by atoms with van der Waals surface area (Å²) < 4.78 is 21.0. The van der Waals surface area contributed by atoms with E-state index in [2.05, 4.69) is 5.32 Å². The van der Waals surface area contributed by atoms with Crippen LogP contribution in [0.2, 0.25) is 0 Å². The van der Waals surface area contributed by atoms with E-state index in [1.54, 1.807) is 19.1 Å². The number of carbonyl (C=O) groups is 2. The quantitative estimate of drug-likeness (QED) is 0.427. The van der Waals surface area contributed by atoms with Gasteiger partial charge in [-0.05, 0) is 18.6 Å². The average Bonchev–Trinajstić information content (AvgIpc) is 2.57. The lowest BCUT2D eigenvalue weighted by atomic mass is 10.2. The van der Waals surface area contributed by atoms with E-state index in [-0.39, 0.29) is 25.1 Å². The van der Waals surface area contributed by atoms with Crippen LogP contribution in [0, 0.1) is 0 Å². The zero-order valence-electron chi connectivity index (χ0n) is 12.7. The van der Waals surface area contributed by atoms with Crippen molar-refractivity contribution in [2.45, 2.75) is 13.5 Å². The molecule has 0 fully saturated rings. The normalized spacial score (nSPS) is 11.6. The van der Waals surface area contributed by atoms with Crippen molar-refractivity contribution in [2.75, 3.05) is 19.1 Å². The number of aliphatic hydroxyl groups excluding tert-OH is 1. The maximum Gasteiger partial charge on any atom is 0.412 e. The van der Waals surface area contributed by atoms with Crippen molar-refractivity contribution in [3.05, 3.63) is 47.7 Å². The Kier molecular flexibility index (Phi) is 8.57. The SMILES string of the molecule is CCOC(=O)/C(=C\C[P+](=O)CO)NC(=O)OCc1ccccc1. The number of ether oxygens (including phenoxy) is 2. The van der Waals surface area contributed by atoms with Gasteiger partial charge in [-0.2, -0.15) is 0 Å². The van der Waals surface area contributed by atoms with Gasteiger partial charge in [0.2, 0.25) is 6.35 Å². The van der Waals surface area contributed by atoms with Gasteiger partial charge in [-0.1, -0.05) is 34.9 Å². The van der Waals surface area contributed by atoms with Crippen LogP contribution in [-0.2, 0) is 25.4 Å². The van der Waals surface area contributed by atoms with Gasteiger partial charge in [-0.25, -0.2) is 9.59 Å². The summed E-state index contributed by atoms with van der Waals surface area (Å²) in [5.74, 6) is -0.759. The van der Waals surface area contributed by atoms with E-state index in [0.29, 0.717) is 0 Å². The molecule has 8 heteroatoms. The van der Waals surface area contributed by atoms with E-state index in [0.717, 1.165) is 5.56 Å². The molecule has 0 aliphatic carbocycles. The molecule has 0 aliphatic heterocycles. The van der Waals surface area contributed by atoms with Gasteiger partial charge in [0, 0.05) is 0 Å². The van der Waals surface area contributed by atoms with Gasteiger partial charge in [-0.3, -0.25) is 5.32 Å². The van der Waals surface area contributed by atoms with Gasteiger partial charge < -0.3 is 14.6 Å². The predicted molar refractivity (Wildman–Crippen MR) is 84.0 cm³/mol. The predicted octanol–water partition coefficient (Wildman–Crippen LogP) is 2.14. The van der Waals surface area contributed by atoms with Crippen molar-refractivity contribution in [3.8, 4) is 0 Å². The minimum atomic E-state index is -1.88. The van der Waals surface area contributed by atoms with Gasteiger partial charge in [0.15, 0.2) is 6.16 Å². The van der Waals surface area contributed by atoms with E-state index in [9.17, 15) is 14.2 Å². The molecule has 0 bridgehead atoms. The van der Waals surface area contributed by atoms with Crippen LogP contribution >= 0.6 is 7.80 Å². The molecule has 1 atom stereocenters. The van der Waals surface area contributed by atoms with Crippen LogP contribution in [0.5, 0.6) is 0 Å². The molecule has 1 aromatic rings. The van der Waals surface area contributed by atoms with Gasteiger partial charge in [0.05, 0.1) is 6.61 Å². The number of aliphatic hydroxyl groups is 1. The first-order valence-corrected chi connectivity index (χ1v) is 8.57. The van der Waals surface area contributed by atoms with Crippen LogP contribution in [0.25, 0.3) is 0 Å². The molecular weight excluding hydrogens is 321 g/mol. The lowest BCUT2D eigenvalue weighted by Gasteiger charge is -2.09. The van der Waals surface area contributed by atoms with Crippen molar-refractivity contribution in [3.63, 3.8) is 0 Å². The molecule has 0 radical (unpaired) electrons. The largest absolute Gasteiger partial charge is 0.461 e. The number of hydrogen-bond acceptors (Lipinski definition) is 6. The number of rotatable bonds is 8. The number of alkyl carbamates (subject to hydrolysis) is 1. The number of hydrogen-bond donors (Lipinski definition) is 2. The molecule has 0 spiro atoms. The highest BCUT2D eigenvalue weighted by molar-refractivity contribution is 7.44. The maximum absolute atomic E-state index is 11.7. The molecular formula is C15H19NO6P+. The van der Waals surface area contributed by atoms with Crippen LogP contribution in [0.15, 0.2) is 42.1 Å². The zero-order chi connectivity index (χ0) is 17.1. The number of benzene rings is 1. The summed E-state index contributed by atoms with van der Waals surface area (Å²) in [6.07, 6.45) is -0.136. The van der Waals surface area contributed by atoms with E-state index < -0.39 is 26.2 Å². The second kappa shape index (κ2) is 10.5. The number of carbonyl (C=O) groups excluding carboxylic acids is 2. The van der Waals surface area contributed by atoms with Crippen LogP contribution in [-0.4, -0.2) is 36.3 Å². The molecule has 0 saturated heterocycles. The lowest BCUT2D eigenvalue weighted by Crippen LogP contribution is -2.29. The Morgan fingerprint density at radius 3 is 2.57 bits per heavy atom. The van der Waals surface area contributed by atoms with Crippen molar-refractivity contribution in [1.29, 1.82) is 0 Å². The van der Waals surface area contributed by atoms with Gasteiger partial charge in [-0.15, -0.1) is 0 Å². The molecule has 1 aromatic carbocycles. The Bertz CT molecular complexity index is 573. The van der Waals surface area contributed by atoms with Crippen molar-refractivity contribution < 1.29 is 28.7 Å². The fourth-order valence-corrected chi connectivity index (χ4v) is 2.02. The number of esters is 1. The Hall–Kier alpha value is -2.24. The Labute approximate surface area is 135 Å². The third-order valence-electron chi connectivity index (χ3n) is 2.60. The molecule has 7 nitrogen and oxygen atoms in total. The third-order valence-corrected chi connectivity index (χ3v) is 3.51. The maximum atomic E-state index is 11.7. The first kappa shape index (κ1) is 18.8. The van der Waals surface area contributed by atoms with Crippen molar-refractivity contribution >= 4 is 19.9 Å². The van der Waals surface area contributed by atoms with Crippen LogP contribution < -0.4 is 5.32 Å². The molecule has 0 aromatic heterocycles. The summed E-state index contributed by atoms with van der Waals surface area (Å²) in [7, 11) is -1.88. The molecule has 0 saturated carbocycles. The highest BCUT2D eigenvalue weighted by Crippen LogP contribution is 2.18. The molecule has 23 heavy (non-hydrogen) atoms. The Morgan fingerprint density at radius 1 is 1.26 bits per heavy atom. The Balaban J connectivity index is 2.62. The van der Waals surface area contributed by atoms with Gasteiger partial charge >= 0.3 is 19.9 Å². The van der Waals surface area contributed by atoms with E-state index in [4.69, 9.17) is 14.6 Å². The van der Waals surface area contributed by atoms with Crippen molar-refractivity contribution in [2.24, 2.45) is 0 Å². The van der Waals surface area contributed by atoms with Crippen LogP contribution in [0.3, 0.4) is 0 Å². The topological polar surface area (TPSA) is 102 Å². The summed E-state index contributed by atoms with van der Waals surface area (Å²) in [5.41, 5.74) is 0.634. The van der Waals surface area contributed by atoms with E-state index >= 15 is 0 Å².